The molecule has 6 aliphatic rings. The van der Waals surface area contributed by atoms with Gasteiger partial charge in [0.2, 0.25) is 0 Å². The van der Waals surface area contributed by atoms with E-state index in [0.29, 0.717) is 6.42 Å². The third-order valence-electron chi connectivity index (χ3n) is 9.81. The minimum Gasteiger partial charge on any atom is -0.472 e. The second kappa shape index (κ2) is 5.71. The normalized spacial score (nSPS) is 50.0. The van der Waals surface area contributed by atoms with Gasteiger partial charge < -0.3 is 23.4 Å². The van der Waals surface area contributed by atoms with Gasteiger partial charge in [0.15, 0.2) is 0 Å². The standard InChI is InChI=1S/C25H28O8/c1-21(2)15(22(3)17(31-21)9-18(27)33-22)8-14(26)10-25-16(32-25)4-6-23-12-24(23,25)20(28)30-19(23)13-5-7-29-11-13/h5,7,11,15-17,19H,4,6,8-10,12H2,1-3H3/t15-,16-,17+,19-,22+,23+,24+,25-/m0/s1. The first-order valence-electron chi connectivity index (χ1n) is 11.9. The Morgan fingerprint density at radius 3 is 2.73 bits per heavy atom. The fraction of sp³-hybridized carbons (Fsp3) is 0.720. The summed E-state index contributed by atoms with van der Waals surface area (Å²) < 4.78 is 29.2. The van der Waals surface area contributed by atoms with Crippen LogP contribution in [0.5, 0.6) is 0 Å². The van der Waals surface area contributed by atoms with Crippen molar-refractivity contribution in [1.29, 1.82) is 0 Å². The molecule has 4 aliphatic heterocycles. The molecule has 0 unspecified atom stereocenters. The minimum atomic E-state index is -0.815. The lowest BCUT2D eigenvalue weighted by molar-refractivity contribution is -0.154. The number of esters is 2. The van der Waals surface area contributed by atoms with Crippen LogP contribution in [0.4, 0.5) is 0 Å². The summed E-state index contributed by atoms with van der Waals surface area (Å²) in [7, 11) is 0. The third kappa shape index (κ3) is 2.18. The molecule has 2 aliphatic carbocycles. The van der Waals surface area contributed by atoms with E-state index >= 15 is 0 Å². The average molecular weight is 456 g/mol. The Hall–Kier alpha value is -2.19. The predicted octanol–water partition coefficient (Wildman–Crippen LogP) is 3.03. The monoisotopic (exact) mass is 456 g/mol. The van der Waals surface area contributed by atoms with E-state index in [1.807, 2.05) is 26.8 Å². The van der Waals surface area contributed by atoms with Crippen LogP contribution >= 0.6 is 0 Å². The Bertz CT molecular complexity index is 1090. The molecule has 4 saturated heterocycles. The van der Waals surface area contributed by atoms with Crippen LogP contribution in [0.3, 0.4) is 0 Å². The summed E-state index contributed by atoms with van der Waals surface area (Å²) in [5.41, 5.74) is -2.40. The number of Topliss-reactive ketones (excluding diaryl/α,β-unsaturated/α-hetero) is 1. The summed E-state index contributed by atoms with van der Waals surface area (Å²) in [4.78, 5) is 38.7. The van der Waals surface area contributed by atoms with E-state index in [9.17, 15) is 14.4 Å². The molecule has 8 atom stereocenters. The van der Waals surface area contributed by atoms with Gasteiger partial charge in [0.25, 0.3) is 0 Å². The highest BCUT2D eigenvalue weighted by Crippen LogP contribution is 2.88. The lowest BCUT2D eigenvalue weighted by Crippen LogP contribution is -2.45. The number of cyclic esters (lactones) is 1. The zero-order valence-corrected chi connectivity index (χ0v) is 19.1. The maximum atomic E-state index is 13.5. The summed E-state index contributed by atoms with van der Waals surface area (Å²) in [5.74, 6) is -0.778. The molecular formula is C25H28O8. The number of ketones is 1. The van der Waals surface area contributed by atoms with Gasteiger partial charge in [-0.05, 0) is 46.1 Å². The number of hydrogen-bond donors (Lipinski definition) is 0. The van der Waals surface area contributed by atoms with Crippen molar-refractivity contribution >= 4 is 17.7 Å². The molecule has 0 spiro atoms. The van der Waals surface area contributed by atoms with Gasteiger partial charge in [-0.3, -0.25) is 14.4 Å². The Labute approximate surface area is 191 Å². The fourth-order valence-corrected chi connectivity index (χ4v) is 8.25. The molecule has 176 valence electrons. The van der Waals surface area contributed by atoms with Crippen molar-refractivity contribution in [3.05, 3.63) is 24.2 Å². The molecule has 0 radical (unpaired) electrons. The van der Waals surface area contributed by atoms with Crippen LogP contribution in [-0.2, 0) is 33.3 Å². The van der Waals surface area contributed by atoms with E-state index in [1.54, 1.807) is 12.5 Å². The van der Waals surface area contributed by atoms with Gasteiger partial charge in [-0.25, -0.2) is 0 Å². The second-order valence-electron chi connectivity index (χ2n) is 11.7. The van der Waals surface area contributed by atoms with Gasteiger partial charge in [-0.2, -0.15) is 0 Å². The number of hydrogen-bond acceptors (Lipinski definition) is 8. The number of ether oxygens (including phenoxy) is 4. The Kier molecular flexibility index (Phi) is 3.50. The highest BCUT2D eigenvalue weighted by molar-refractivity contribution is 5.91. The van der Waals surface area contributed by atoms with Crippen molar-refractivity contribution in [2.75, 3.05) is 0 Å². The molecule has 0 bridgehead atoms. The van der Waals surface area contributed by atoms with E-state index < -0.39 is 22.2 Å². The lowest BCUT2D eigenvalue weighted by Gasteiger charge is -2.34. The molecule has 2 saturated carbocycles. The molecule has 6 fully saturated rings. The second-order valence-corrected chi connectivity index (χ2v) is 11.7. The van der Waals surface area contributed by atoms with Gasteiger partial charge >= 0.3 is 11.9 Å². The van der Waals surface area contributed by atoms with E-state index in [-0.39, 0.29) is 66.6 Å². The van der Waals surface area contributed by atoms with Crippen molar-refractivity contribution in [2.45, 2.75) is 94.4 Å². The summed E-state index contributed by atoms with van der Waals surface area (Å²) in [6.45, 7) is 5.78. The van der Waals surface area contributed by atoms with Gasteiger partial charge in [0.1, 0.15) is 34.6 Å². The molecule has 5 heterocycles. The number of rotatable bonds is 5. The fourth-order valence-electron chi connectivity index (χ4n) is 8.25. The summed E-state index contributed by atoms with van der Waals surface area (Å²) in [6.07, 6.45) is 5.41. The van der Waals surface area contributed by atoms with Crippen molar-refractivity contribution in [3.8, 4) is 0 Å². The third-order valence-corrected chi connectivity index (χ3v) is 9.81. The molecule has 0 N–H and O–H groups in total. The van der Waals surface area contributed by atoms with Gasteiger partial charge in [0, 0.05) is 29.7 Å². The van der Waals surface area contributed by atoms with Crippen molar-refractivity contribution < 1.29 is 37.7 Å². The van der Waals surface area contributed by atoms with Crippen LogP contribution in [0.15, 0.2) is 23.0 Å². The van der Waals surface area contributed by atoms with Crippen LogP contribution in [0.2, 0.25) is 0 Å². The number of epoxide rings is 1. The summed E-state index contributed by atoms with van der Waals surface area (Å²) in [6, 6.07) is 1.85. The smallest absolute Gasteiger partial charge is 0.316 e. The zero-order valence-electron chi connectivity index (χ0n) is 19.1. The van der Waals surface area contributed by atoms with E-state index in [2.05, 4.69) is 0 Å². The van der Waals surface area contributed by atoms with Crippen LogP contribution in [-0.4, -0.2) is 46.7 Å². The van der Waals surface area contributed by atoms with Gasteiger partial charge in [0.05, 0.1) is 30.7 Å². The molecule has 33 heavy (non-hydrogen) atoms. The molecule has 0 aromatic carbocycles. The lowest BCUT2D eigenvalue weighted by atomic mass is 9.67. The summed E-state index contributed by atoms with van der Waals surface area (Å²) >= 11 is 0. The topological polar surface area (TPSA) is 105 Å². The maximum Gasteiger partial charge on any atom is 0.316 e. The van der Waals surface area contributed by atoms with Crippen LogP contribution in [0.1, 0.15) is 71.0 Å². The van der Waals surface area contributed by atoms with Crippen LogP contribution in [0.25, 0.3) is 0 Å². The zero-order chi connectivity index (χ0) is 23.0. The van der Waals surface area contributed by atoms with Crippen molar-refractivity contribution in [2.24, 2.45) is 16.7 Å². The van der Waals surface area contributed by atoms with E-state index in [0.717, 1.165) is 18.4 Å². The SMILES string of the molecule is CC1(C)O[C@@H]2CC(=O)O[C@]2(C)[C@H]1CC(=O)C[C@]12O[C@H]1CC[C@]13C[C@@]12C(=O)O[C@H]3c1ccoc1. The first-order valence-corrected chi connectivity index (χ1v) is 11.9. The van der Waals surface area contributed by atoms with Crippen molar-refractivity contribution in [3.63, 3.8) is 0 Å². The first-order chi connectivity index (χ1) is 15.6. The largest absolute Gasteiger partial charge is 0.472 e. The molecule has 1 aromatic heterocycles. The Morgan fingerprint density at radius 1 is 1.15 bits per heavy atom. The predicted molar refractivity (Wildman–Crippen MR) is 110 cm³/mol. The van der Waals surface area contributed by atoms with Gasteiger partial charge in [-0.1, -0.05) is 0 Å². The molecular weight excluding hydrogens is 428 g/mol. The van der Waals surface area contributed by atoms with E-state index in [4.69, 9.17) is 23.4 Å². The molecule has 1 aromatic rings. The molecule has 0 amide bonds. The van der Waals surface area contributed by atoms with Crippen LogP contribution < -0.4 is 0 Å². The van der Waals surface area contributed by atoms with Crippen molar-refractivity contribution in [1.82, 2.24) is 0 Å². The number of fused-ring (bicyclic) bond motifs is 2. The molecule has 8 nitrogen and oxygen atoms in total. The number of carbonyl (C=O) groups is 3. The number of furan rings is 1. The number of carbonyl (C=O) groups excluding carboxylic acids is 3. The first kappa shape index (κ1) is 20.2. The maximum absolute atomic E-state index is 13.5. The van der Waals surface area contributed by atoms with Gasteiger partial charge in [-0.15, -0.1) is 0 Å². The quantitative estimate of drug-likeness (QED) is 0.492. The molecule has 7 rings (SSSR count). The minimum absolute atomic E-state index is 0.0145. The van der Waals surface area contributed by atoms with E-state index in [1.165, 1.54) is 0 Å². The molecule has 8 heteroatoms. The Balaban J connectivity index is 1.16. The Morgan fingerprint density at radius 2 is 1.97 bits per heavy atom. The van der Waals surface area contributed by atoms with Crippen LogP contribution in [0, 0.1) is 16.7 Å². The summed E-state index contributed by atoms with van der Waals surface area (Å²) in [5, 5.41) is 0. The average Bonchev–Trinajstić information content (AvgIpc) is 3.41. The highest BCUT2D eigenvalue weighted by atomic mass is 16.6. The highest BCUT2D eigenvalue weighted by Gasteiger charge is 2.95.